The summed E-state index contributed by atoms with van der Waals surface area (Å²) >= 11 is 0. The molecule has 0 saturated heterocycles. The van der Waals surface area contributed by atoms with E-state index in [1.54, 1.807) is 0 Å². The average Bonchev–Trinajstić information content (AvgIpc) is 2.24. The molecule has 0 radical (unpaired) electrons. The van der Waals surface area contributed by atoms with Crippen LogP contribution in [0.5, 0.6) is 0 Å². The standard InChI is InChI=1S/C14H22O2/c1-3-13(15)16-14-7-10-4-11(8-14)6-12(5-10)9(14)2/h9-12H,3-8H2,1-2H3. The number of ether oxygens (including phenoxy) is 1. The Bertz CT molecular complexity index is 296. The fourth-order valence-corrected chi connectivity index (χ4v) is 4.70. The van der Waals surface area contributed by atoms with Crippen LogP contribution in [0.4, 0.5) is 0 Å². The normalized spacial score (nSPS) is 49.4. The quantitative estimate of drug-likeness (QED) is 0.671. The van der Waals surface area contributed by atoms with Crippen LogP contribution in [0.15, 0.2) is 0 Å². The zero-order valence-corrected chi connectivity index (χ0v) is 10.4. The lowest BCUT2D eigenvalue weighted by atomic mass is 9.50. The SMILES string of the molecule is CCC(=O)OC12CC3CC(CC(C3)C1C)C2. The van der Waals surface area contributed by atoms with E-state index in [0.29, 0.717) is 12.3 Å². The predicted molar refractivity (Wildman–Crippen MR) is 61.8 cm³/mol. The number of rotatable bonds is 2. The van der Waals surface area contributed by atoms with Crippen LogP contribution < -0.4 is 0 Å². The summed E-state index contributed by atoms with van der Waals surface area (Å²) in [5, 5.41) is 0. The number of esters is 1. The summed E-state index contributed by atoms with van der Waals surface area (Å²) in [5.74, 6) is 3.12. The maximum Gasteiger partial charge on any atom is 0.306 e. The topological polar surface area (TPSA) is 26.3 Å². The third-order valence-electron chi connectivity index (χ3n) is 5.35. The molecule has 4 aliphatic carbocycles. The van der Waals surface area contributed by atoms with Crippen molar-refractivity contribution in [1.82, 2.24) is 0 Å². The summed E-state index contributed by atoms with van der Waals surface area (Å²) in [7, 11) is 0. The third-order valence-corrected chi connectivity index (χ3v) is 5.35. The molecule has 0 aromatic carbocycles. The van der Waals surface area contributed by atoms with Gasteiger partial charge in [-0.25, -0.2) is 0 Å². The maximum atomic E-state index is 11.6. The number of hydrogen-bond acceptors (Lipinski definition) is 2. The molecule has 0 aromatic rings. The Labute approximate surface area is 97.7 Å². The minimum atomic E-state index is -0.0676. The number of hydrogen-bond donors (Lipinski definition) is 0. The van der Waals surface area contributed by atoms with Crippen LogP contribution in [-0.4, -0.2) is 11.6 Å². The van der Waals surface area contributed by atoms with Gasteiger partial charge < -0.3 is 4.74 Å². The largest absolute Gasteiger partial charge is 0.459 e. The number of carbonyl (C=O) groups is 1. The fraction of sp³-hybridized carbons (Fsp3) is 0.929. The molecule has 90 valence electrons. The Morgan fingerprint density at radius 2 is 1.88 bits per heavy atom. The highest BCUT2D eigenvalue weighted by Crippen LogP contribution is 2.59. The summed E-state index contributed by atoms with van der Waals surface area (Å²) in [6.45, 7) is 4.21. The first-order valence-corrected chi connectivity index (χ1v) is 6.85. The van der Waals surface area contributed by atoms with Gasteiger partial charge in [0.15, 0.2) is 0 Å². The molecule has 4 bridgehead atoms. The molecule has 0 aliphatic heterocycles. The van der Waals surface area contributed by atoms with Crippen molar-refractivity contribution in [3.63, 3.8) is 0 Å². The van der Waals surface area contributed by atoms with E-state index in [9.17, 15) is 4.79 Å². The van der Waals surface area contributed by atoms with Gasteiger partial charge in [0.05, 0.1) is 0 Å². The second kappa shape index (κ2) is 3.48. The van der Waals surface area contributed by atoms with Crippen LogP contribution in [-0.2, 0) is 9.53 Å². The van der Waals surface area contributed by atoms with E-state index < -0.39 is 0 Å². The lowest BCUT2D eigenvalue weighted by Crippen LogP contribution is -2.58. The molecule has 16 heavy (non-hydrogen) atoms. The van der Waals surface area contributed by atoms with Crippen molar-refractivity contribution < 1.29 is 9.53 Å². The van der Waals surface area contributed by atoms with Gasteiger partial charge in [-0.1, -0.05) is 13.8 Å². The van der Waals surface area contributed by atoms with Crippen molar-refractivity contribution in [2.45, 2.75) is 58.0 Å². The zero-order chi connectivity index (χ0) is 11.3. The van der Waals surface area contributed by atoms with Gasteiger partial charge in [0, 0.05) is 6.42 Å². The van der Waals surface area contributed by atoms with Crippen LogP contribution in [0.25, 0.3) is 0 Å². The molecule has 0 N–H and O–H groups in total. The highest BCUT2D eigenvalue weighted by molar-refractivity contribution is 5.69. The molecular formula is C14H22O2. The smallest absolute Gasteiger partial charge is 0.306 e. The first-order chi connectivity index (χ1) is 7.63. The van der Waals surface area contributed by atoms with Gasteiger partial charge in [0.2, 0.25) is 0 Å². The van der Waals surface area contributed by atoms with E-state index in [2.05, 4.69) is 6.92 Å². The van der Waals surface area contributed by atoms with Crippen LogP contribution in [0.2, 0.25) is 0 Å². The van der Waals surface area contributed by atoms with Gasteiger partial charge in [0.25, 0.3) is 0 Å². The van der Waals surface area contributed by atoms with Crippen molar-refractivity contribution in [3.05, 3.63) is 0 Å². The Morgan fingerprint density at radius 3 is 2.44 bits per heavy atom. The summed E-state index contributed by atoms with van der Waals surface area (Å²) in [5.41, 5.74) is -0.0676. The summed E-state index contributed by atoms with van der Waals surface area (Å²) in [6.07, 6.45) is 7.00. The monoisotopic (exact) mass is 222 g/mol. The van der Waals surface area contributed by atoms with Gasteiger partial charge >= 0.3 is 5.97 Å². The minimum absolute atomic E-state index is 0.00815. The molecule has 4 rings (SSSR count). The summed E-state index contributed by atoms with van der Waals surface area (Å²) < 4.78 is 5.87. The van der Waals surface area contributed by atoms with E-state index in [1.807, 2.05) is 6.92 Å². The molecule has 2 heteroatoms. The molecule has 2 nitrogen and oxygen atoms in total. The molecule has 0 aromatic heterocycles. The molecule has 3 unspecified atom stereocenters. The summed E-state index contributed by atoms with van der Waals surface area (Å²) in [4.78, 5) is 11.6. The molecule has 4 saturated carbocycles. The predicted octanol–water partition coefficient (Wildman–Crippen LogP) is 3.15. The van der Waals surface area contributed by atoms with Gasteiger partial charge in [-0.15, -0.1) is 0 Å². The van der Waals surface area contributed by atoms with Gasteiger partial charge in [-0.3, -0.25) is 4.79 Å². The van der Waals surface area contributed by atoms with Crippen molar-refractivity contribution in [3.8, 4) is 0 Å². The molecule has 4 aliphatic rings. The minimum Gasteiger partial charge on any atom is -0.459 e. The Morgan fingerprint density at radius 1 is 1.25 bits per heavy atom. The van der Waals surface area contributed by atoms with E-state index in [0.717, 1.165) is 30.6 Å². The van der Waals surface area contributed by atoms with Crippen LogP contribution in [0.1, 0.15) is 52.4 Å². The van der Waals surface area contributed by atoms with E-state index in [1.165, 1.54) is 19.3 Å². The van der Waals surface area contributed by atoms with E-state index in [4.69, 9.17) is 4.74 Å². The highest BCUT2D eigenvalue weighted by atomic mass is 16.6. The molecule has 0 spiro atoms. The van der Waals surface area contributed by atoms with Crippen LogP contribution in [0, 0.1) is 23.7 Å². The number of carbonyl (C=O) groups excluding carboxylic acids is 1. The second-order valence-electron chi connectivity index (χ2n) is 6.29. The average molecular weight is 222 g/mol. The van der Waals surface area contributed by atoms with Gasteiger partial charge in [-0.05, 0) is 55.8 Å². The molecule has 3 atom stereocenters. The molecule has 4 fully saturated rings. The Balaban J connectivity index is 1.85. The molecular weight excluding hydrogens is 200 g/mol. The van der Waals surface area contributed by atoms with Crippen molar-refractivity contribution in [2.75, 3.05) is 0 Å². The van der Waals surface area contributed by atoms with E-state index >= 15 is 0 Å². The zero-order valence-electron chi connectivity index (χ0n) is 10.4. The fourth-order valence-electron chi connectivity index (χ4n) is 4.70. The first-order valence-electron chi connectivity index (χ1n) is 6.85. The second-order valence-corrected chi connectivity index (χ2v) is 6.29. The lowest BCUT2D eigenvalue weighted by molar-refractivity contribution is -0.205. The summed E-state index contributed by atoms with van der Waals surface area (Å²) in [6, 6.07) is 0. The molecule has 0 heterocycles. The molecule has 0 amide bonds. The van der Waals surface area contributed by atoms with Crippen molar-refractivity contribution >= 4 is 5.97 Å². The Hall–Kier alpha value is -0.530. The van der Waals surface area contributed by atoms with Gasteiger partial charge in [-0.2, -0.15) is 0 Å². The first kappa shape index (κ1) is 10.6. The Kier molecular flexibility index (Phi) is 2.31. The lowest BCUT2D eigenvalue weighted by Gasteiger charge is -2.59. The van der Waals surface area contributed by atoms with Crippen molar-refractivity contribution in [2.24, 2.45) is 23.7 Å². The van der Waals surface area contributed by atoms with E-state index in [-0.39, 0.29) is 11.6 Å². The van der Waals surface area contributed by atoms with Crippen molar-refractivity contribution in [1.29, 1.82) is 0 Å². The van der Waals surface area contributed by atoms with Crippen LogP contribution >= 0.6 is 0 Å². The van der Waals surface area contributed by atoms with Crippen LogP contribution in [0.3, 0.4) is 0 Å². The van der Waals surface area contributed by atoms with Gasteiger partial charge in [0.1, 0.15) is 5.60 Å². The third kappa shape index (κ3) is 1.42. The maximum absolute atomic E-state index is 11.6. The highest BCUT2D eigenvalue weighted by Gasteiger charge is 2.57.